The number of tetrazole rings is 1. The number of halogens is 1. The molecule has 0 spiro atoms. The number of H-pyrrole nitrogens is 1. The molecule has 8 nitrogen and oxygen atoms in total. The van der Waals surface area contributed by atoms with Crippen LogP contribution in [0.3, 0.4) is 0 Å². The molecule has 5 rings (SSSR count). The highest BCUT2D eigenvalue weighted by molar-refractivity contribution is 9.10. The molecule has 0 radical (unpaired) electrons. The summed E-state index contributed by atoms with van der Waals surface area (Å²) in [4.78, 5) is 12.5. The molecule has 1 aliphatic heterocycles. The summed E-state index contributed by atoms with van der Waals surface area (Å²) in [7, 11) is 0. The number of fused-ring (bicyclic) bond motifs is 2. The lowest BCUT2D eigenvalue weighted by Crippen LogP contribution is -2.29. The van der Waals surface area contributed by atoms with E-state index in [1.807, 2.05) is 54.6 Å². The molecule has 0 bridgehead atoms. The van der Waals surface area contributed by atoms with Crippen molar-refractivity contribution in [3.8, 4) is 11.3 Å². The molecule has 3 heterocycles. The summed E-state index contributed by atoms with van der Waals surface area (Å²) in [5.41, 5.74) is 3.32. The largest absolute Gasteiger partial charge is 0.318 e. The fourth-order valence-electron chi connectivity index (χ4n) is 3.31. The normalized spacial score (nSPS) is 14.9. The zero-order chi connectivity index (χ0) is 18.4. The smallest absolute Gasteiger partial charge is 0.288 e. The van der Waals surface area contributed by atoms with Crippen molar-refractivity contribution < 1.29 is 0 Å². The molecule has 1 aliphatic rings. The van der Waals surface area contributed by atoms with Crippen molar-refractivity contribution in [2.45, 2.75) is 6.04 Å². The molecule has 2 aromatic heterocycles. The van der Waals surface area contributed by atoms with Crippen LogP contribution in [0, 0.1) is 0 Å². The van der Waals surface area contributed by atoms with Crippen LogP contribution < -0.4 is 10.9 Å². The Balaban J connectivity index is 1.82. The van der Waals surface area contributed by atoms with E-state index in [9.17, 15) is 4.79 Å². The molecule has 4 aromatic rings. The van der Waals surface area contributed by atoms with Crippen LogP contribution >= 0.6 is 15.9 Å². The van der Waals surface area contributed by atoms with Gasteiger partial charge in [-0.25, -0.2) is 5.10 Å². The topological polar surface area (TPSA) is 101 Å². The zero-order valence-corrected chi connectivity index (χ0v) is 15.4. The van der Waals surface area contributed by atoms with Crippen LogP contribution in [0.15, 0.2) is 63.9 Å². The molecule has 9 heteroatoms. The van der Waals surface area contributed by atoms with Crippen LogP contribution in [0.25, 0.3) is 11.3 Å². The fraction of sp³-hybridized carbons (Fsp3) is 0.0556. The van der Waals surface area contributed by atoms with Crippen LogP contribution in [-0.4, -0.2) is 30.4 Å². The molecular weight excluding hydrogens is 410 g/mol. The van der Waals surface area contributed by atoms with Gasteiger partial charge < -0.3 is 5.32 Å². The van der Waals surface area contributed by atoms with Crippen molar-refractivity contribution in [3.63, 3.8) is 0 Å². The lowest BCUT2D eigenvalue weighted by molar-refractivity contribution is 0.567. The van der Waals surface area contributed by atoms with Gasteiger partial charge in [-0.15, -0.1) is 0 Å². The first kappa shape index (κ1) is 15.9. The standard InChI is InChI=1S/C18H12BrN7O/c19-12-8-6-10(7-9-12)14-13-15(17(27)22-21-14)20-18-23-24-25-26(18)16(13)11-4-2-1-3-5-11/h1-9,16H,(H,22,27)(H,20,23,25)/t16-/m1/s1. The minimum atomic E-state index is -0.374. The van der Waals surface area contributed by atoms with Crippen LogP contribution in [0.1, 0.15) is 17.2 Å². The highest BCUT2D eigenvalue weighted by atomic mass is 79.9. The molecule has 0 saturated carbocycles. The van der Waals surface area contributed by atoms with Crippen molar-refractivity contribution in [1.82, 2.24) is 30.4 Å². The summed E-state index contributed by atoms with van der Waals surface area (Å²) in [5.74, 6) is 0.412. The maximum atomic E-state index is 12.5. The summed E-state index contributed by atoms with van der Waals surface area (Å²) in [6.07, 6.45) is 0. The van der Waals surface area contributed by atoms with Crippen molar-refractivity contribution >= 4 is 27.6 Å². The predicted molar refractivity (Wildman–Crippen MR) is 103 cm³/mol. The Labute approximate surface area is 161 Å². The Morgan fingerprint density at radius 2 is 1.81 bits per heavy atom. The Morgan fingerprint density at radius 3 is 2.59 bits per heavy atom. The zero-order valence-electron chi connectivity index (χ0n) is 13.8. The molecule has 0 fully saturated rings. The van der Waals surface area contributed by atoms with Crippen molar-refractivity contribution in [2.75, 3.05) is 5.32 Å². The van der Waals surface area contributed by atoms with Gasteiger partial charge in [0.2, 0.25) is 5.95 Å². The van der Waals surface area contributed by atoms with Crippen molar-refractivity contribution in [3.05, 3.63) is 80.6 Å². The monoisotopic (exact) mass is 421 g/mol. The number of rotatable bonds is 2. The van der Waals surface area contributed by atoms with Crippen LogP contribution in [-0.2, 0) is 0 Å². The van der Waals surface area contributed by atoms with E-state index in [1.165, 1.54) is 0 Å². The molecule has 27 heavy (non-hydrogen) atoms. The second kappa shape index (κ2) is 6.13. The lowest BCUT2D eigenvalue weighted by Gasteiger charge is -2.27. The second-order valence-corrected chi connectivity index (χ2v) is 7.00. The number of anilines is 2. The van der Waals surface area contributed by atoms with E-state index in [2.05, 4.69) is 47.0 Å². The Bertz CT molecular complexity index is 1180. The summed E-state index contributed by atoms with van der Waals surface area (Å²) in [5, 5.41) is 21.9. The first-order valence-electron chi connectivity index (χ1n) is 8.21. The molecule has 1 atom stereocenters. The number of aromatic amines is 1. The Kier molecular flexibility index (Phi) is 3.61. The van der Waals surface area contributed by atoms with Gasteiger partial charge in [-0.3, -0.25) is 4.79 Å². The second-order valence-electron chi connectivity index (χ2n) is 6.08. The number of hydrogen-bond donors (Lipinski definition) is 2. The van der Waals surface area contributed by atoms with Crippen LogP contribution in [0.2, 0.25) is 0 Å². The number of nitrogens with one attached hydrogen (secondary N) is 2. The highest BCUT2D eigenvalue weighted by Gasteiger charge is 2.34. The third kappa shape index (κ3) is 2.55. The molecule has 2 N–H and O–H groups in total. The van der Waals surface area contributed by atoms with E-state index in [0.717, 1.165) is 21.2 Å². The van der Waals surface area contributed by atoms with Gasteiger partial charge in [-0.05, 0) is 28.1 Å². The molecule has 0 aliphatic carbocycles. The number of aromatic nitrogens is 6. The van der Waals surface area contributed by atoms with Gasteiger partial charge in [0.05, 0.1) is 5.69 Å². The molecule has 0 amide bonds. The fourth-order valence-corrected chi connectivity index (χ4v) is 3.57. The Hall–Kier alpha value is -3.33. The Morgan fingerprint density at radius 1 is 1.04 bits per heavy atom. The van der Waals surface area contributed by atoms with Gasteiger partial charge in [-0.1, -0.05) is 63.5 Å². The van der Waals surface area contributed by atoms with Gasteiger partial charge in [0.1, 0.15) is 11.7 Å². The molecule has 0 saturated heterocycles. The lowest BCUT2D eigenvalue weighted by atomic mass is 9.92. The van der Waals surface area contributed by atoms with Gasteiger partial charge >= 0.3 is 0 Å². The molecule has 0 unspecified atom stereocenters. The number of benzene rings is 2. The van der Waals surface area contributed by atoms with Crippen molar-refractivity contribution in [2.24, 2.45) is 0 Å². The van der Waals surface area contributed by atoms with Gasteiger partial charge in [0, 0.05) is 15.6 Å². The molecular formula is C18H12BrN7O. The van der Waals surface area contributed by atoms with Gasteiger partial charge in [0.15, 0.2) is 0 Å². The van der Waals surface area contributed by atoms with E-state index >= 15 is 0 Å². The summed E-state index contributed by atoms with van der Waals surface area (Å²) in [6, 6.07) is 17.2. The minimum Gasteiger partial charge on any atom is -0.318 e. The first-order chi connectivity index (χ1) is 13.2. The van der Waals surface area contributed by atoms with Gasteiger partial charge in [-0.2, -0.15) is 9.78 Å². The quantitative estimate of drug-likeness (QED) is 0.454. The van der Waals surface area contributed by atoms with Gasteiger partial charge in [0.25, 0.3) is 5.56 Å². The van der Waals surface area contributed by atoms with E-state index in [-0.39, 0.29) is 11.6 Å². The maximum Gasteiger partial charge on any atom is 0.288 e. The number of nitrogens with zero attached hydrogens (tertiary/aromatic N) is 5. The summed E-state index contributed by atoms with van der Waals surface area (Å²) >= 11 is 3.45. The average Bonchev–Trinajstić information content (AvgIpc) is 3.17. The van der Waals surface area contributed by atoms with E-state index < -0.39 is 0 Å². The summed E-state index contributed by atoms with van der Waals surface area (Å²) < 4.78 is 2.63. The van der Waals surface area contributed by atoms with Crippen molar-refractivity contribution in [1.29, 1.82) is 0 Å². The first-order valence-corrected chi connectivity index (χ1v) is 9.00. The molecule has 132 valence electrons. The number of hydrogen-bond acceptors (Lipinski definition) is 6. The third-order valence-electron chi connectivity index (χ3n) is 4.50. The third-order valence-corrected chi connectivity index (χ3v) is 5.03. The minimum absolute atomic E-state index is 0.318. The summed E-state index contributed by atoms with van der Waals surface area (Å²) in [6.45, 7) is 0. The maximum absolute atomic E-state index is 12.5. The average molecular weight is 422 g/mol. The predicted octanol–water partition coefficient (Wildman–Crippen LogP) is 2.88. The van der Waals surface area contributed by atoms with Crippen LogP contribution in [0.4, 0.5) is 11.6 Å². The van der Waals surface area contributed by atoms with E-state index in [1.54, 1.807) is 4.68 Å². The van der Waals surface area contributed by atoms with E-state index in [0.29, 0.717) is 17.3 Å². The van der Waals surface area contributed by atoms with Crippen LogP contribution in [0.5, 0.6) is 0 Å². The SMILES string of the molecule is O=c1[nH]nc(-c2ccc(Br)cc2)c2c1Nc1nnnn1[C@@H]2c1ccccc1. The molecule has 2 aromatic carbocycles. The highest BCUT2D eigenvalue weighted by Crippen LogP contribution is 2.40. The van der Waals surface area contributed by atoms with E-state index in [4.69, 9.17) is 0 Å².